The maximum absolute atomic E-state index is 13.1. The second-order valence-electron chi connectivity index (χ2n) is 2.48. The molecule has 0 fully saturated rings. The van der Waals surface area contributed by atoms with Crippen LogP contribution in [-0.2, 0) is 4.79 Å². The Balaban J connectivity index is 3.31. The van der Waals surface area contributed by atoms with Crippen molar-refractivity contribution in [2.45, 2.75) is 0 Å². The molecule has 0 aromatic heterocycles. The quantitative estimate of drug-likeness (QED) is 0.262. The minimum atomic E-state index is -1.85. The average molecular weight is 240 g/mol. The summed E-state index contributed by atoms with van der Waals surface area (Å²) in [5, 5.41) is -0.783. The molecule has 0 bridgehead atoms. The molecule has 1 atom stereocenters. The van der Waals surface area contributed by atoms with E-state index in [1.165, 1.54) is 0 Å². The molecule has 0 amide bonds. The van der Waals surface area contributed by atoms with Gasteiger partial charge in [0.1, 0.15) is 6.61 Å². The summed E-state index contributed by atoms with van der Waals surface area (Å²) in [5.74, 6) is -7.78. The van der Waals surface area contributed by atoms with Gasteiger partial charge in [-0.2, -0.15) is 4.39 Å². The van der Waals surface area contributed by atoms with Crippen molar-refractivity contribution in [3.63, 3.8) is 0 Å². The molecular formula is C8H5F4O2P. The second kappa shape index (κ2) is 4.57. The van der Waals surface area contributed by atoms with Gasteiger partial charge in [-0.25, -0.2) is 13.2 Å². The van der Waals surface area contributed by atoms with Crippen molar-refractivity contribution in [1.29, 1.82) is 0 Å². The summed E-state index contributed by atoms with van der Waals surface area (Å²) >= 11 is 0. The lowest BCUT2D eigenvalue weighted by molar-refractivity contribution is -0.109. The van der Waals surface area contributed by atoms with E-state index in [1.807, 2.05) is 0 Å². The minimum Gasteiger partial charge on any atom is -0.480 e. The van der Waals surface area contributed by atoms with Crippen molar-refractivity contribution < 1.29 is 27.1 Å². The van der Waals surface area contributed by atoms with Crippen LogP contribution in [-0.4, -0.2) is 12.9 Å². The monoisotopic (exact) mass is 240 g/mol. The number of hydrogen-bond donors (Lipinski definition) is 0. The van der Waals surface area contributed by atoms with E-state index in [2.05, 4.69) is 4.74 Å². The van der Waals surface area contributed by atoms with Crippen LogP contribution in [0.5, 0.6) is 5.75 Å². The van der Waals surface area contributed by atoms with E-state index in [-0.39, 0.29) is 6.29 Å². The van der Waals surface area contributed by atoms with Gasteiger partial charge in [0.25, 0.3) is 0 Å². The maximum atomic E-state index is 13.1. The number of halogens is 4. The molecule has 0 saturated carbocycles. The standard InChI is InChI=1S/C8H5F4O2P/c9-3-4(10)7(14-2-1-13)6(12)8(15)5(3)11/h1H,2,15H2. The predicted octanol–water partition coefficient (Wildman–Crippen LogP) is 1.32. The molecule has 2 nitrogen and oxygen atoms in total. The number of carbonyl (C=O) groups is 1. The third-order valence-electron chi connectivity index (χ3n) is 1.55. The van der Waals surface area contributed by atoms with Crippen molar-refractivity contribution in [3.05, 3.63) is 23.3 Å². The van der Waals surface area contributed by atoms with Gasteiger partial charge in [-0.3, -0.25) is 4.79 Å². The molecule has 0 aliphatic rings. The Morgan fingerprint density at radius 2 is 1.67 bits per heavy atom. The molecule has 1 rings (SSSR count). The van der Waals surface area contributed by atoms with E-state index >= 15 is 0 Å². The van der Waals surface area contributed by atoms with Crippen molar-refractivity contribution in [3.8, 4) is 5.75 Å². The molecule has 0 saturated heterocycles. The Bertz CT molecular complexity index is 379. The summed E-state index contributed by atoms with van der Waals surface area (Å²) in [6.45, 7) is -0.650. The van der Waals surface area contributed by atoms with E-state index in [0.717, 1.165) is 0 Å². The number of aldehydes is 1. The van der Waals surface area contributed by atoms with Gasteiger partial charge in [0.2, 0.25) is 5.82 Å². The Morgan fingerprint density at radius 3 is 2.20 bits per heavy atom. The molecule has 82 valence electrons. The molecule has 1 unspecified atom stereocenters. The number of ether oxygens (including phenoxy) is 1. The number of benzene rings is 1. The van der Waals surface area contributed by atoms with E-state index in [9.17, 15) is 22.4 Å². The largest absolute Gasteiger partial charge is 0.480 e. The van der Waals surface area contributed by atoms with Gasteiger partial charge in [-0.05, 0) is 0 Å². The van der Waals surface area contributed by atoms with Crippen molar-refractivity contribution in [1.82, 2.24) is 0 Å². The van der Waals surface area contributed by atoms with E-state index in [1.54, 1.807) is 9.24 Å². The van der Waals surface area contributed by atoms with Crippen LogP contribution in [0.15, 0.2) is 0 Å². The van der Waals surface area contributed by atoms with Gasteiger partial charge < -0.3 is 4.74 Å². The lowest BCUT2D eigenvalue weighted by Gasteiger charge is -2.08. The first kappa shape index (κ1) is 11.9. The third-order valence-corrected chi connectivity index (χ3v) is 2.06. The molecule has 7 heteroatoms. The Kier molecular flexibility index (Phi) is 3.63. The molecule has 0 aliphatic heterocycles. The summed E-state index contributed by atoms with van der Waals surface area (Å²) in [7, 11) is 1.58. The number of hydrogen-bond acceptors (Lipinski definition) is 2. The molecular weight excluding hydrogens is 235 g/mol. The Labute approximate surface area is 84.4 Å². The van der Waals surface area contributed by atoms with Gasteiger partial charge in [-0.15, -0.1) is 0 Å². The smallest absolute Gasteiger partial charge is 0.206 e. The first-order chi connectivity index (χ1) is 7.00. The normalized spacial score (nSPS) is 10.2. The first-order valence-electron chi connectivity index (χ1n) is 3.68. The van der Waals surface area contributed by atoms with Gasteiger partial charge in [0.15, 0.2) is 29.5 Å². The van der Waals surface area contributed by atoms with Crippen LogP contribution in [0.2, 0.25) is 0 Å². The predicted molar refractivity (Wildman–Crippen MR) is 47.2 cm³/mol. The molecule has 1 aromatic rings. The zero-order valence-electron chi connectivity index (χ0n) is 7.19. The molecule has 0 spiro atoms. The first-order valence-corrected chi connectivity index (χ1v) is 4.26. The summed E-state index contributed by atoms with van der Waals surface area (Å²) in [6, 6.07) is 0. The SMILES string of the molecule is O=CCOc1c(F)c(F)c(F)c(P)c1F. The number of rotatable bonds is 3. The molecule has 0 aliphatic carbocycles. The summed E-state index contributed by atoms with van der Waals surface area (Å²) < 4.78 is 55.8. The van der Waals surface area contributed by atoms with Crippen molar-refractivity contribution >= 4 is 20.8 Å². The van der Waals surface area contributed by atoms with Gasteiger partial charge in [0, 0.05) is 5.30 Å². The highest BCUT2D eigenvalue weighted by atomic mass is 31.0. The molecule has 15 heavy (non-hydrogen) atoms. The lowest BCUT2D eigenvalue weighted by Crippen LogP contribution is -2.14. The van der Waals surface area contributed by atoms with E-state index in [4.69, 9.17) is 0 Å². The van der Waals surface area contributed by atoms with Crippen LogP contribution in [0.4, 0.5) is 17.6 Å². The lowest BCUT2D eigenvalue weighted by atomic mass is 10.3. The average Bonchev–Trinajstić information content (AvgIpc) is 2.24. The summed E-state index contributed by atoms with van der Waals surface area (Å²) in [6.07, 6.45) is 0.225. The minimum absolute atomic E-state index is 0.225. The van der Waals surface area contributed by atoms with Gasteiger partial charge in [0.05, 0.1) is 0 Å². The van der Waals surface area contributed by atoms with Crippen LogP contribution in [0.1, 0.15) is 0 Å². The van der Waals surface area contributed by atoms with Crippen LogP contribution in [0, 0.1) is 23.3 Å². The third kappa shape index (κ3) is 2.09. The van der Waals surface area contributed by atoms with Crippen LogP contribution >= 0.6 is 9.24 Å². The fourth-order valence-electron chi connectivity index (χ4n) is 0.873. The molecule has 0 N–H and O–H groups in total. The summed E-state index contributed by atoms with van der Waals surface area (Å²) in [5.41, 5.74) is 0. The zero-order valence-corrected chi connectivity index (χ0v) is 8.34. The summed E-state index contributed by atoms with van der Waals surface area (Å²) in [4.78, 5) is 9.89. The number of carbonyl (C=O) groups excluding carboxylic acids is 1. The van der Waals surface area contributed by atoms with Crippen LogP contribution in [0.3, 0.4) is 0 Å². The highest BCUT2D eigenvalue weighted by molar-refractivity contribution is 7.27. The van der Waals surface area contributed by atoms with Gasteiger partial charge in [-0.1, -0.05) is 9.24 Å². The maximum Gasteiger partial charge on any atom is 0.206 e. The zero-order chi connectivity index (χ0) is 11.6. The van der Waals surface area contributed by atoms with Crippen molar-refractivity contribution in [2.75, 3.05) is 6.61 Å². The Hall–Kier alpha value is -1.16. The van der Waals surface area contributed by atoms with Crippen LogP contribution in [0.25, 0.3) is 0 Å². The van der Waals surface area contributed by atoms with E-state index in [0.29, 0.717) is 0 Å². The molecule has 1 aromatic carbocycles. The molecule has 0 radical (unpaired) electrons. The fourth-order valence-corrected chi connectivity index (χ4v) is 1.13. The van der Waals surface area contributed by atoms with Crippen LogP contribution < -0.4 is 10.0 Å². The topological polar surface area (TPSA) is 26.3 Å². The van der Waals surface area contributed by atoms with E-state index < -0.39 is 40.9 Å². The highest BCUT2D eigenvalue weighted by Gasteiger charge is 2.24. The highest BCUT2D eigenvalue weighted by Crippen LogP contribution is 2.25. The van der Waals surface area contributed by atoms with Gasteiger partial charge >= 0.3 is 0 Å². The van der Waals surface area contributed by atoms with Crippen molar-refractivity contribution in [2.24, 2.45) is 0 Å². The Morgan fingerprint density at radius 1 is 1.07 bits per heavy atom. The molecule has 0 heterocycles. The second-order valence-corrected chi connectivity index (χ2v) is 3.05. The fraction of sp³-hybridized carbons (Fsp3) is 0.125.